The van der Waals surface area contributed by atoms with Gasteiger partial charge < -0.3 is 10.1 Å². The maximum Gasteiger partial charge on any atom is 0.223 e. The van der Waals surface area contributed by atoms with Gasteiger partial charge in [-0.1, -0.05) is 33.1 Å². The standard InChI is InChI=1S/C16H30N2O2/c1-13(2)11-18-8-9-20-15(12-18)10-17-16(19)14-6-4-3-5-7-14/h13-15H,3-12H2,1-2H3,(H,17,19)/t15-/m0/s1. The number of amides is 1. The molecule has 0 aromatic rings. The van der Waals surface area contributed by atoms with Gasteiger partial charge in [0, 0.05) is 32.1 Å². The van der Waals surface area contributed by atoms with Gasteiger partial charge in [-0.2, -0.15) is 0 Å². The molecule has 2 rings (SSSR count). The van der Waals surface area contributed by atoms with E-state index >= 15 is 0 Å². The Morgan fingerprint density at radius 2 is 2.05 bits per heavy atom. The van der Waals surface area contributed by atoms with Crippen molar-refractivity contribution in [1.82, 2.24) is 10.2 Å². The van der Waals surface area contributed by atoms with Gasteiger partial charge in [-0.3, -0.25) is 9.69 Å². The largest absolute Gasteiger partial charge is 0.374 e. The molecule has 2 aliphatic rings. The number of nitrogens with one attached hydrogen (secondary N) is 1. The summed E-state index contributed by atoms with van der Waals surface area (Å²) in [4.78, 5) is 14.6. The summed E-state index contributed by atoms with van der Waals surface area (Å²) in [6.07, 6.45) is 6.00. The van der Waals surface area contributed by atoms with E-state index in [1.165, 1.54) is 19.3 Å². The quantitative estimate of drug-likeness (QED) is 0.839. The van der Waals surface area contributed by atoms with Crippen LogP contribution >= 0.6 is 0 Å². The molecule has 0 bridgehead atoms. The van der Waals surface area contributed by atoms with Gasteiger partial charge >= 0.3 is 0 Å². The second-order valence-corrected chi connectivity index (χ2v) is 6.73. The fourth-order valence-electron chi connectivity index (χ4n) is 3.31. The Labute approximate surface area is 123 Å². The van der Waals surface area contributed by atoms with E-state index in [-0.39, 0.29) is 17.9 Å². The van der Waals surface area contributed by atoms with Crippen LogP contribution in [-0.4, -0.2) is 49.7 Å². The average Bonchev–Trinajstić information content (AvgIpc) is 2.45. The summed E-state index contributed by atoms with van der Waals surface area (Å²) in [5.41, 5.74) is 0. The maximum absolute atomic E-state index is 12.1. The van der Waals surface area contributed by atoms with Crippen LogP contribution in [0.15, 0.2) is 0 Å². The van der Waals surface area contributed by atoms with E-state index in [0.29, 0.717) is 12.5 Å². The fourth-order valence-corrected chi connectivity index (χ4v) is 3.31. The Kier molecular flexibility index (Phi) is 6.30. The second kappa shape index (κ2) is 7.99. The van der Waals surface area contributed by atoms with Crippen LogP contribution in [0.5, 0.6) is 0 Å². The van der Waals surface area contributed by atoms with Crippen molar-refractivity contribution in [1.29, 1.82) is 0 Å². The molecule has 1 atom stereocenters. The van der Waals surface area contributed by atoms with Crippen LogP contribution in [0.3, 0.4) is 0 Å². The minimum atomic E-state index is 0.162. The monoisotopic (exact) mass is 282 g/mol. The van der Waals surface area contributed by atoms with Gasteiger partial charge in [-0.25, -0.2) is 0 Å². The molecule has 20 heavy (non-hydrogen) atoms. The predicted octanol–water partition coefficient (Wildman–Crippen LogP) is 2.04. The summed E-state index contributed by atoms with van der Waals surface area (Å²) < 4.78 is 5.77. The zero-order chi connectivity index (χ0) is 14.4. The van der Waals surface area contributed by atoms with Crippen molar-refractivity contribution in [2.75, 3.05) is 32.8 Å². The number of rotatable bonds is 5. The topological polar surface area (TPSA) is 41.6 Å². The first kappa shape index (κ1) is 15.8. The Balaban J connectivity index is 1.68. The van der Waals surface area contributed by atoms with Gasteiger partial charge in [-0.15, -0.1) is 0 Å². The molecule has 1 N–H and O–H groups in total. The summed E-state index contributed by atoms with van der Waals surface area (Å²) in [6, 6.07) is 0. The number of hydrogen-bond donors (Lipinski definition) is 1. The Morgan fingerprint density at radius 1 is 1.30 bits per heavy atom. The predicted molar refractivity (Wildman–Crippen MR) is 80.6 cm³/mol. The molecule has 1 heterocycles. The van der Waals surface area contributed by atoms with Crippen molar-refractivity contribution in [3.05, 3.63) is 0 Å². The molecule has 4 heteroatoms. The highest BCUT2D eigenvalue weighted by molar-refractivity contribution is 5.78. The van der Waals surface area contributed by atoms with E-state index in [1.54, 1.807) is 0 Å². The maximum atomic E-state index is 12.1. The molecule has 0 spiro atoms. The lowest BCUT2D eigenvalue weighted by Gasteiger charge is -2.34. The summed E-state index contributed by atoms with van der Waals surface area (Å²) in [5.74, 6) is 1.18. The van der Waals surface area contributed by atoms with E-state index < -0.39 is 0 Å². The molecule has 116 valence electrons. The van der Waals surface area contributed by atoms with Crippen molar-refractivity contribution in [2.45, 2.75) is 52.1 Å². The van der Waals surface area contributed by atoms with Crippen LogP contribution in [0.4, 0.5) is 0 Å². The molecule has 0 aromatic heterocycles. The molecule has 4 nitrogen and oxygen atoms in total. The molecule has 0 unspecified atom stereocenters. The van der Waals surface area contributed by atoms with Gasteiger partial charge in [0.15, 0.2) is 0 Å². The molecule has 1 saturated heterocycles. The third kappa shape index (κ3) is 5.06. The summed E-state index contributed by atoms with van der Waals surface area (Å²) in [6.45, 7) is 9.04. The molecule has 1 aliphatic heterocycles. The van der Waals surface area contributed by atoms with Gasteiger partial charge in [-0.05, 0) is 18.8 Å². The number of ether oxygens (including phenoxy) is 1. The summed E-state index contributed by atoms with van der Waals surface area (Å²) in [5, 5.41) is 3.11. The van der Waals surface area contributed by atoms with Crippen molar-refractivity contribution >= 4 is 5.91 Å². The third-order valence-electron chi connectivity index (χ3n) is 4.33. The zero-order valence-corrected chi connectivity index (χ0v) is 13.1. The molecule has 1 amide bonds. The normalized spacial score (nSPS) is 25.9. The lowest BCUT2D eigenvalue weighted by molar-refractivity contribution is -0.127. The zero-order valence-electron chi connectivity index (χ0n) is 13.1. The number of nitrogens with zero attached hydrogens (tertiary/aromatic N) is 1. The van der Waals surface area contributed by atoms with E-state index in [9.17, 15) is 4.79 Å². The van der Waals surface area contributed by atoms with E-state index in [1.807, 2.05) is 0 Å². The Bertz CT molecular complexity index is 301. The van der Waals surface area contributed by atoms with Gasteiger partial charge in [0.05, 0.1) is 12.7 Å². The molecular weight excluding hydrogens is 252 g/mol. The van der Waals surface area contributed by atoms with Crippen molar-refractivity contribution < 1.29 is 9.53 Å². The molecule has 2 fully saturated rings. The molecule has 0 radical (unpaired) electrons. The lowest BCUT2D eigenvalue weighted by Crippen LogP contribution is -2.49. The van der Waals surface area contributed by atoms with Gasteiger partial charge in [0.25, 0.3) is 0 Å². The van der Waals surface area contributed by atoms with Crippen LogP contribution in [0.1, 0.15) is 46.0 Å². The number of carbonyl (C=O) groups is 1. The van der Waals surface area contributed by atoms with Crippen LogP contribution in [-0.2, 0) is 9.53 Å². The first-order valence-corrected chi connectivity index (χ1v) is 8.27. The number of hydrogen-bond acceptors (Lipinski definition) is 3. The van der Waals surface area contributed by atoms with Crippen molar-refractivity contribution in [2.24, 2.45) is 11.8 Å². The molecule has 0 aromatic carbocycles. The summed E-state index contributed by atoms with van der Waals surface area (Å²) in [7, 11) is 0. The highest BCUT2D eigenvalue weighted by Crippen LogP contribution is 2.23. The van der Waals surface area contributed by atoms with Gasteiger partial charge in [0.2, 0.25) is 5.91 Å². The van der Waals surface area contributed by atoms with E-state index in [0.717, 1.165) is 39.1 Å². The van der Waals surface area contributed by atoms with Crippen molar-refractivity contribution in [3.8, 4) is 0 Å². The smallest absolute Gasteiger partial charge is 0.223 e. The molecule has 1 saturated carbocycles. The Morgan fingerprint density at radius 3 is 2.75 bits per heavy atom. The second-order valence-electron chi connectivity index (χ2n) is 6.73. The SMILES string of the molecule is CC(C)CN1CCO[C@@H](CNC(=O)C2CCCCC2)C1. The third-order valence-corrected chi connectivity index (χ3v) is 4.33. The lowest BCUT2D eigenvalue weighted by atomic mass is 9.88. The Hall–Kier alpha value is -0.610. The molecular formula is C16H30N2O2. The average molecular weight is 282 g/mol. The van der Waals surface area contributed by atoms with Crippen LogP contribution in [0, 0.1) is 11.8 Å². The first-order chi connectivity index (χ1) is 9.65. The highest BCUT2D eigenvalue weighted by Gasteiger charge is 2.24. The number of morpholine rings is 1. The van der Waals surface area contributed by atoms with Crippen molar-refractivity contribution in [3.63, 3.8) is 0 Å². The molecule has 1 aliphatic carbocycles. The first-order valence-electron chi connectivity index (χ1n) is 8.27. The minimum absolute atomic E-state index is 0.162. The number of carbonyl (C=O) groups excluding carboxylic acids is 1. The minimum Gasteiger partial charge on any atom is -0.374 e. The van der Waals surface area contributed by atoms with E-state index in [4.69, 9.17) is 4.74 Å². The van der Waals surface area contributed by atoms with Crippen LogP contribution in [0.25, 0.3) is 0 Å². The van der Waals surface area contributed by atoms with Crippen LogP contribution < -0.4 is 5.32 Å². The van der Waals surface area contributed by atoms with Crippen LogP contribution in [0.2, 0.25) is 0 Å². The van der Waals surface area contributed by atoms with Gasteiger partial charge in [0.1, 0.15) is 0 Å². The highest BCUT2D eigenvalue weighted by atomic mass is 16.5. The fraction of sp³-hybridized carbons (Fsp3) is 0.938. The summed E-state index contributed by atoms with van der Waals surface area (Å²) >= 11 is 0. The van der Waals surface area contributed by atoms with E-state index in [2.05, 4.69) is 24.1 Å².